The highest BCUT2D eigenvalue weighted by Crippen LogP contribution is 2.53. The van der Waals surface area contributed by atoms with Gasteiger partial charge in [0.15, 0.2) is 5.82 Å². The summed E-state index contributed by atoms with van der Waals surface area (Å²) in [5, 5.41) is 34.0. The molecule has 2 heterocycles. The number of allylic oxidation sites excluding steroid dienone is 2. The Morgan fingerprint density at radius 3 is 2.62 bits per heavy atom. The molecule has 13 heteroatoms. The summed E-state index contributed by atoms with van der Waals surface area (Å²) in [6.45, 7) is 0.474. The summed E-state index contributed by atoms with van der Waals surface area (Å²) >= 11 is 0. The molecule has 2 aliphatic carbocycles. The number of nitrogens with one attached hydrogen (secondary N) is 4. The van der Waals surface area contributed by atoms with E-state index in [1.165, 1.54) is 12.1 Å². The Morgan fingerprint density at radius 1 is 1.12 bits per heavy atom. The second-order valence-electron chi connectivity index (χ2n) is 12.5. The third-order valence-corrected chi connectivity index (χ3v) is 10.0. The maximum Gasteiger partial charge on any atom is 0.251 e. The molecule has 4 N–H and O–H groups in total. The van der Waals surface area contributed by atoms with E-state index < -0.39 is 17.5 Å². The Hall–Kier alpha value is -5.22. The predicted molar refractivity (Wildman–Crippen MR) is 173 cm³/mol. The Bertz CT molecular complexity index is 1780. The number of amides is 3. The fraction of sp³-hybridized carbons (Fsp3) is 0.400. The number of aromatic amines is 1. The number of halogens is 1. The van der Waals surface area contributed by atoms with Gasteiger partial charge in [-0.1, -0.05) is 36.4 Å². The molecule has 248 valence electrons. The zero-order valence-electron chi connectivity index (χ0n) is 26.9. The van der Waals surface area contributed by atoms with Gasteiger partial charge in [-0.25, -0.2) is 9.49 Å². The lowest BCUT2D eigenvalue weighted by Gasteiger charge is -2.43. The first-order valence-corrected chi connectivity index (χ1v) is 16.2. The highest BCUT2D eigenvalue weighted by molar-refractivity contribution is 5.96. The molecule has 1 saturated heterocycles. The monoisotopic (exact) mass is 651 g/mol. The third-order valence-electron chi connectivity index (χ3n) is 10.0. The molecule has 3 aromatic rings. The number of likely N-dealkylation sites (N-methyl/N-ethyl adjacent to an activating group) is 1. The molecule has 3 aliphatic rings. The van der Waals surface area contributed by atoms with Crippen molar-refractivity contribution >= 4 is 17.7 Å². The minimum atomic E-state index is -0.958. The van der Waals surface area contributed by atoms with E-state index in [4.69, 9.17) is 0 Å². The summed E-state index contributed by atoms with van der Waals surface area (Å²) in [5.74, 6) is -0.877. The maximum atomic E-state index is 14.2. The number of hydrogen-bond donors (Lipinski definition) is 4. The third kappa shape index (κ3) is 6.11. The molecule has 5 atom stereocenters. The van der Waals surface area contributed by atoms with E-state index >= 15 is 0 Å². The van der Waals surface area contributed by atoms with Crippen LogP contribution in [-0.4, -0.2) is 76.5 Å². The number of benzene rings is 2. The van der Waals surface area contributed by atoms with Gasteiger partial charge in [-0.2, -0.15) is 5.26 Å². The Kier molecular flexibility index (Phi) is 9.45. The predicted octanol–water partition coefficient (Wildman–Crippen LogP) is 2.64. The van der Waals surface area contributed by atoms with Crippen LogP contribution in [0.15, 0.2) is 66.3 Å². The van der Waals surface area contributed by atoms with Crippen LogP contribution in [0.2, 0.25) is 0 Å². The number of likely N-dealkylation sites (tertiary alicyclic amines) is 1. The number of H-pyrrole nitrogens is 1. The minimum absolute atomic E-state index is 0.0436. The summed E-state index contributed by atoms with van der Waals surface area (Å²) in [6, 6.07) is 13.1. The largest absolute Gasteiger partial charge is 0.355 e. The lowest BCUT2D eigenvalue weighted by atomic mass is 9.60. The van der Waals surface area contributed by atoms with Crippen LogP contribution in [0.1, 0.15) is 64.6 Å². The highest BCUT2D eigenvalue weighted by atomic mass is 19.1. The first-order chi connectivity index (χ1) is 23.3. The van der Waals surface area contributed by atoms with E-state index in [9.17, 15) is 24.0 Å². The van der Waals surface area contributed by atoms with Crippen LogP contribution in [0.4, 0.5) is 4.39 Å². The normalized spacial score (nSPS) is 23.6. The van der Waals surface area contributed by atoms with Gasteiger partial charge in [0.25, 0.3) is 11.8 Å². The van der Waals surface area contributed by atoms with Gasteiger partial charge in [0.05, 0.1) is 18.0 Å². The number of aryl methyl sites for hydroxylation is 1. The number of rotatable bonds is 9. The molecule has 1 aromatic heterocycles. The fourth-order valence-electron chi connectivity index (χ4n) is 7.66. The number of tetrazole rings is 1. The van der Waals surface area contributed by atoms with Crippen molar-refractivity contribution in [1.29, 1.82) is 5.26 Å². The van der Waals surface area contributed by atoms with Crippen molar-refractivity contribution in [1.82, 2.24) is 41.5 Å². The van der Waals surface area contributed by atoms with Crippen molar-refractivity contribution in [2.24, 2.45) is 11.8 Å². The SMILES string of the molecule is CNC(=O)C1=CC2CCc3cc(C(=O)NC)ccc3C(C[C@H](NCC(=O)N3CCCC3C#N)c3ccc(F)cc3)(c3nnn[nH]3)C2C=C1. The van der Waals surface area contributed by atoms with Gasteiger partial charge in [-0.15, -0.1) is 5.10 Å². The molecule has 0 bridgehead atoms. The van der Waals surface area contributed by atoms with E-state index in [-0.39, 0.29) is 41.9 Å². The molecule has 0 spiro atoms. The number of fused-ring (bicyclic) bond motifs is 2. The van der Waals surface area contributed by atoms with E-state index in [0.717, 1.165) is 23.1 Å². The van der Waals surface area contributed by atoms with Crippen molar-refractivity contribution < 1.29 is 18.8 Å². The second kappa shape index (κ2) is 13.9. The van der Waals surface area contributed by atoms with Gasteiger partial charge in [0, 0.05) is 43.7 Å². The van der Waals surface area contributed by atoms with Crippen LogP contribution in [0.3, 0.4) is 0 Å². The molecule has 0 saturated carbocycles. The Balaban J connectivity index is 1.50. The zero-order valence-corrected chi connectivity index (χ0v) is 26.9. The lowest BCUT2D eigenvalue weighted by Crippen LogP contribution is -2.46. The fourth-order valence-corrected chi connectivity index (χ4v) is 7.66. The number of carbonyl (C=O) groups is 3. The standard InChI is InChI=1S/C35H38FN9O3/c1-38-32(47)24-9-13-28-22(16-24)5-6-23-17-25(33(48)39-2)10-14-29(23)35(28,34-41-43-44-42-34)18-30(21-7-11-26(36)12-8-21)40-20-31(46)45-15-3-4-27(45)19-37/h7-14,16-17,22,27-28,30,40H,3-6,15,18,20H2,1-2H3,(H,38,47)(H,39,48)(H,41,42,43,44)/t22?,27?,28?,30-,35?/m0/s1. The molecule has 0 radical (unpaired) electrons. The summed E-state index contributed by atoms with van der Waals surface area (Å²) < 4.78 is 14.2. The van der Waals surface area contributed by atoms with Crippen LogP contribution in [-0.2, 0) is 21.4 Å². The zero-order chi connectivity index (χ0) is 33.8. The van der Waals surface area contributed by atoms with Crippen molar-refractivity contribution in [2.75, 3.05) is 27.2 Å². The molecule has 6 rings (SSSR count). The van der Waals surface area contributed by atoms with Crippen molar-refractivity contribution in [3.8, 4) is 6.07 Å². The number of hydrogen-bond acceptors (Lipinski definition) is 8. The number of nitrogens with zero attached hydrogens (tertiary/aromatic N) is 5. The molecule has 48 heavy (non-hydrogen) atoms. The topological polar surface area (TPSA) is 169 Å². The summed E-state index contributed by atoms with van der Waals surface area (Å²) in [5.41, 5.74) is 2.71. The van der Waals surface area contributed by atoms with Crippen molar-refractivity contribution in [3.63, 3.8) is 0 Å². The Morgan fingerprint density at radius 2 is 1.92 bits per heavy atom. The smallest absolute Gasteiger partial charge is 0.251 e. The van der Waals surface area contributed by atoms with Crippen LogP contribution in [0.25, 0.3) is 0 Å². The molecule has 2 aromatic carbocycles. The van der Waals surface area contributed by atoms with E-state index in [1.54, 1.807) is 37.2 Å². The first-order valence-electron chi connectivity index (χ1n) is 16.2. The molecule has 3 amide bonds. The van der Waals surface area contributed by atoms with Gasteiger partial charge in [-0.3, -0.25) is 14.4 Å². The summed E-state index contributed by atoms with van der Waals surface area (Å²) in [7, 11) is 3.18. The van der Waals surface area contributed by atoms with Crippen molar-refractivity contribution in [2.45, 2.75) is 49.6 Å². The van der Waals surface area contributed by atoms with Gasteiger partial charge in [0.1, 0.15) is 11.9 Å². The van der Waals surface area contributed by atoms with Crippen LogP contribution >= 0.6 is 0 Å². The maximum absolute atomic E-state index is 14.2. The second-order valence-corrected chi connectivity index (χ2v) is 12.5. The number of aromatic nitrogens is 4. The van der Waals surface area contributed by atoms with Crippen LogP contribution in [0, 0.1) is 29.0 Å². The van der Waals surface area contributed by atoms with E-state index in [0.29, 0.717) is 49.2 Å². The molecule has 1 fully saturated rings. The van der Waals surface area contributed by atoms with Crippen LogP contribution < -0.4 is 16.0 Å². The van der Waals surface area contributed by atoms with Gasteiger partial charge >= 0.3 is 0 Å². The number of carbonyl (C=O) groups excluding carboxylic acids is 3. The van der Waals surface area contributed by atoms with E-state index in [2.05, 4.69) is 42.6 Å². The lowest BCUT2D eigenvalue weighted by molar-refractivity contribution is -0.130. The first kappa shape index (κ1) is 32.7. The molecular formula is C35H38FN9O3. The summed E-state index contributed by atoms with van der Waals surface area (Å²) in [4.78, 5) is 40.6. The molecule has 12 nitrogen and oxygen atoms in total. The van der Waals surface area contributed by atoms with Gasteiger partial charge in [-0.05, 0) is 89.4 Å². The molecule has 1 aliphatic heterocycles. The number of nitriles is 1. The van der Waals surface area contributed by atoms with Crippen LogP contribution in [0.5, 0.6) is 0 Å². The van der Waals surface area contributed by atoms with Gasteiger partial charge in [0.2, 0.25) is 5.91 Å². The highest BCUT2D eigenvalue weighted by Gasteiger charge is 2.51. The van der Waals surface area contributed by atoms with E-state index in [1.807, 2.05) is 30.4 Å². The minimum Gasteiger partial charge on any atom is -0.355 e. The van der Waals surface area contributed by atoms with Gasteiger partial charge < -0.3 is 20.9 Å². The molecular weight excluding hydrogens is 613 g/mol. The molecule has 4 unspecified atom stereocenters. The average Bonchev–Trinajstić information content (AvgIpc) is 3.82. The quantitative estimate of drug-likeness (QED) is 0.274. The average molecular weight is 652 g/mol. The summed E-state index contributed by atoms with van der Waals surface area (Å²) in [6.07, 6.45) is 8.88. The Labute approximate surface area is 277 Å². The van der Waals surface area contributed by atoms with Crippen molar-refractivity contribution in [3.05, 3.63) is 100 Å².